The highest BCUT2D eigenvalue weighted by Gasteiger charge is 2.56. The van der Waals surface area contributed by atoms with Crippen molar-refractivity contribution in [3.63, 3.8) is 0 Å². The van der Waals surface area contributed by atoms with Gasteiger partial charge in [0.25, 0.3) is 0 Å². The minimum Gasteiger partial charge on any atom is -0.497 e. The summed E-state index contributed by atoms with van der Waals surface area (Å²) in [5.74, 6) is -0.484. The molecule has 0 spiro atoms. The third-order valence-electron chi connectivity index (χ3n) is 4.30. The molecule has 8 nitrogen and oxygen atoms in total. The van der Waals surface area contributed by atoms with Crippen LogP contribution >= 0.6 is 12.2 Å². The predicted molar refractivity (Wildman–Crippen MR) is 93.5 cm³/mol. The molecule has 3 amide bonds. The van der Waals surface area contributed by atoms with Gasteiger partial charge in [-0.25, -0.2) is 5.01 Å². The molecule has 2 fully saturated rings. The van der Waals surface area contributed by atoms with Crippen molar-refractivity contribution in [1.29, 1.82) is 0 Å². The SMILES string of the molecule is COc1cccc(NC(=O)[C@H]2CC(=O)N3C(=S)NC(=O)C(C)(C)N23)c1. The van der Waals surface area contributed by atoms with Crippen LogP contribution in [0.15, 0.2) is 24.3 Å². The van der Waals surface area contributed by atoms with Crippen LogP contribution in [0, 0.1) is 0 Å². The second-order valence-corrected chi connectivity index (χ2v) is 6.70. The third-order valence-corrected chi connectivity index (χ3v) is 4.57. The van der Waals surface area contributed by atoms with Gasteiger partial charge in [0.15, 0.2) is 5.11 Å². The Hall–Kier alpha value is -2.52. The number of hydrogen-bond donors (Lipinski definition) is 2. The molecular formula is C16H18N4O4S. The lowest BCUT2D eigenvalue weighted by molar-refractivity contribution is -0.154. The molecule has 2 saturated heterocycles. The number of ether oxygens (including phenoxy) is 1. The van der Waals surface area contributed by atoms with Gasteiger partial charge in [-0.1, -0.05) is 6.07 Å². The molecule has 0 bridgehead atoms. The van der Waals surface area contributed by atoms with Crippen molar-refractivity contribution >= 4 is 40.7 Å². The lowest BCUT2D eigenvalue weighted by atomic mass is 10.00. The van der Waals surface area contributed by atoms with E-state index in [4.69, 9.17) is 17.0 Å². The Morgan fingerprint density at radius 1 is 1.40 bits per heavy atom. The fourth-order valence-electron chi connectivity index (χ4n) is 2.99. The first-order chi connectivity index (χ1) is 11.8. The molecule has 9 heteroatoms. The Morgan fingerprint density at radius 2 is 2.12 bits per heavy atom. The van der Waals surface area contributed by atoms with E-state index in [2.05, 4.69) is 10.6 Å². The summed E-state index contributed by atoms with van der Waals surface area (Å²) in [7, 11) is 1.53. The standard InChI is InChI=1S/C16H18N4O4S/c1-16(2)14(23)18-15(25)19-12(21)8-11(20(16)19)13(22)17-9-5-4-6-10(7-9)24-3/h4-7,11H,8H2,1-3H3,(H,17,22)(H,18,23,25)/t11-/m1/s1. The van der Waals surface area contributed by atoms with Crippen molar-refractivity contribution in [3.05, 3.63) is 24.3 Å². The number of thiocarbonyl (C=S) groups is 1. The summed E-state index contributed by atoms with van der Waals surface area (Å²) < 4.78 is 5.13. The minimum absolute atomic E-state index is 0.00833. The van der Waals surface area contributed by atoms with Crippen LogP contribution in [0.2, 0.25) is 0 Å². The Kier molecular flexibility index (Phi) is 4.21. The van der Waals surface area contributed by atoms with Crippen LogP contribution < -0.4 is 15.4 Å². The number of nitrogens with zero attached hydrogens (tertiary/aromatic N) is 2. The van der Waals surface area contributed by atoms with E-state index >= 15 is 0 Å². The number of carbonyl (C=O) groups is 3. The number of anilines is 1. The second-order valence-electron chi connectivity index (χ2n) is 6.31. The minimum atomic E-state index is -1.09. The van der Waals surface area contributed by atoms with Gasteiger partial charge in [-0.05, 0) is 38.2 Å². The number of hydrogen-bond acceptors (Lipinski definition) is 6. The summed E-state index contributed by atoms with van der Waals surface area (Å²) in [5.41, 5.74) is -0.553. The monoisotopic (exact) mass is 362 g/mol. The van der Waals surface area contributed by atoms with Crippen molar-refractivity contribution in [2.45, 2.75) is 31.8 Å². The van der Waals surface area contributed by atoms with Crippen LogP contribution in [-0.2, 0) is 14.4 Å². The van der Waals surface area contributed by atoms with Crippen molar-refractivity contribution in [2.24, 2.45) is 0 Å². The molecule has 25 heavy (non-hydrogen) atoms. The van der Waals surface area contributed by atoms with E-state index in [1.165, 1.54) is 17.1 Å². The molecular weight excluding hydrogens is 344 g/mol. The topological polar surface area (TPSA) is 91.0 Å². The number of carbonyl (C=O) groups excluding carboxylic acids is 3. The fraction of sp³-hybridized carbons (Fsp3) is 0.375. The highest BCUT2D eigenvalue weighted by molar-refractivity contribution is 7.80. The van der Waals surface area contributed by atoms with Crippen molar-refractivity contribution in [2.75, 3.05) is 12.4 Å². The third kappa shape index (κ3) is 2.85. The number of hydrazine groups is 1. The lowest BCUT2D eigenvalue weighted by Gasteiger charge is -2.45. The summed E-state index contributed by atoms with van der Waals surface area (Å²) in [6.07, 6.45) is -0.0612. The molecule has 0 saturated carbocycles. The van der Waals surface area contributed by atoms with Crippen LogP contribution in [-0.4, -0.2) is 51.5 Å². The van der Waals surface area contributed by atoms with Gasteiger partial charge in [-0.3, -0.25) is 19.7 Å². The molecule has 1 atom stereocenters. The van der Waals surface area contributed by atoms with Gasteiger partial charge >= 0.3 is 0 Å². The highest BCUT2D eigenvalue weighted by Crippen LogP contribution is 2.33. The van der Waals surface area contributed by atoms with Gasteiger partial charge in [0.05, 0.1) is 13.5 Å². The maximum absolute atomic E-state index is 12.8. The van der Waals surface area contributed by atoms with E-state index in [0.29, 0.717) is 11.4 Å². The van der Waals surface area contributed by atoms with Gasteiger partial charge in [-0.2, -0.15) is 5.01 Å². The molecule has 2 N–H and O–H groups in total. The molecule has 132 valence electrons. The summed E-state index contributed by atoms with van der Waals surface area (Å²) in [6, 6.07) is 6.05. The van der Waals surface area contributed by atoms with Crippen LogP contribution in [0.25, 0.3) is 0 Å². The van der Waals surface area contributed by atoms with Gasteiger partial charge in [0.1, 0.15) is 17.3 Å². The van der Waals surface area contributed by atoms with Crippen LogP contribution in [0.1, 0.15) is 20.3 Å². The number of benzene rings is 1. The van der Waals surface area contributed by atoms with Crippen LogP contribution in [0.3, 0.4) is 0 Å². The Balaban J connectivity index is 1.88. The second kappa shape index (κ2) is 6.08. The molecule has 0 aromatic heterocycles. The number of fused-ring (bicyclic) bond motifs is 1. The average Bonchev–Trinajstić information content (AvgIpc) is 2.92. The van der Waals surface area contributed by atoms with Crippen molar-refractivity contribution in [3.8, 4) is 5.75 Å². The summed E-state index contributed by atoms with van der Waals surface area (Å²) in [4.78, 5) is 37.4. The quantitative estimate of drug-likeness (QED) is 0.767. The highest BCUT2D eigenvalue weighted by atomic mass is 32.1. The zero-order valence-corrected chi connectivity index (χ0v) is 14.8. The van der Waals surface area contributed by atoms with Crippen molar-refractivity contribution < 1.29 is 19.1 Å². The smallest absolute Gasteiger partial charge is 0.248 e. The maximum atomic E-state index is 12.8. The van der Waals surface area contributed by atoms with E-state index in [0.717, 1.165) is 0 Å². The fourth-order valence-corrected chi connectivity index (χ4v) is 3.27. The zero-order valence-electron chi connectivity index (χ0n) is 14.0. The van der Waals surface area contributed by atoms with Gasteiger partial charge in [0, 0.05) is 11.8 Å². The Labute approximate surface area is 150 Å². The maximum Gasteiger partial charge on any atom is 0.248 e. The van der Waals surface area contributed by atoms with Crippen LogP contribution in [0.5, 0.6) is 5.75 Å². The first-order valence-electron chi connectivity index (χ1n) is 7.68. The van der Waals surface area contributed by atoms with Crippen LogP contribution in [0.4, 0.5) is 5.69 Å². The zero-order chi connectivity index (χ0) is 18.4. The summed E-state index contributed by atoms with van der Waals surface area (Å²) in [6.45, 7) is 3.28. The number of nitrogens with one attached hydrogen (secondary N) is 2. The van der Waals surface area contributed by atoms with E-state index in [1.54, 1.807) is 38.1 Å². The molecule has 2 heterocycles. The molecule has 1 aromatic carbocycles. The number of rotatable bonds is 3. The molecule has 0 radical (unpaired) electrons. The predicted octanol–water partition coefficient (Wildman–Crippen LogP) is 0.645. The van der Waals surface area contributed by atoms with E-state index in [9.17, 15) is 14.4 Å². The summed E-state index contributed by atoms with van der Waals surface area (Å²) in [5, 5.41) is 7.91. The van der Waals surface area contributed by atoms with Gasteiger partial charge in [0.2, 0.25) is 17.7 Å². The average molecular weight is 362 g/mol. The molecule has 3 rings (SSSR count). The molecule has 0 unspecified atom stereocenters. The normalized spacial score (nSPS) is 22.4. The summed E-state index contributed by atoms with van der Waals surface area (Å²) >= 11 is 5.09. The molecule has 1 aromatic rings. The first kappa shape index (κ1) is 17.3. The van der Waals surface area contributed by atoms with E-state index in [-0.39, 0.29) is 23.3 Å². The first-order valence-corrected chi connectivity index (χ1v) is 8.09. The number of methoxy groups -OCH3 is 1. The largest absolute Gasteiger partial charge is 0.497 e. The van der Waals surface area contributed by atoms with Gasteiger partial charge in [-0.15, -0.1) is 0 Å². The number of amides is 3. The van der Waals surface area contributed by atoms with Gasteiger partial charge < -0.3 is 10.1 Å². The molecule has 2 aliphatic rings. The molecule has 0 aliphatic carbocycles. The van der Waals surface area contributed by atoms with E-state index in [1.807, 2.05) is 0 Å². The van der Waals surface area contributed by atoms with E-state index < -0.39 is 17.5 Å². The lowest BCUT2D eigenvalue weighted by Crippen LogP contribution is -2.71. The Morgan fingerprint density at radius 3 is 2.80 bits per heavy atom. The molecule has 2 aliphatic heterocycles. The Bertz CT molecular complexity index is 779. The van der Waals surface area contributed by atoms with Crippen molar-refractivity contribution in [1.82, 2.24) is 15.3 Å².